The van der Waals surface area contributed by atoms with Crippen LogP contribution in [-0.2, 0) is 0 Å². The Balaban J connectivity index is 3.31. The van der Waals surface area contributed by atoms with Gasteiger partial charge in [0.25, 0.3) is 0 Å². The lowest BCUT2D eigenvalue weighted by atomic mass is 10.1. The second-order valence-corrected chi connectivity index (χ2v) is 2.81. The van der Waals surface area contributed by atoms with E-state index in [1.807, 2.05) is 0 Å². The minimum Gasteiger partial charge on any atom is -0.424 e. The lowest BCUT2D eigenvalue weighted by Gasteiger charge is -2.02. The zero-order chi connectivity index (χ0) is 10.0. The molecule has 0 bridgehead atoms. The van der Waals surface area contributed by atoms with Gasteiger partial charge in [-0.3, -0.25) is 4.79 Å². The van der Waals surface area contributed by atoms with Crippen molar-refractivity contribution >= 4 is 28.8 Å². The number of Topliss-reactive ketones (excluding diaryl/α,β-unsaturated/α-hetero) is 1. The van der Waals surface area contributed by atoms with Crippen LogP contribution in [0.3, 0.4) is 0 Å². The molecule has 0 N–H and O–H groups in total. The van der Waals surface area contributed by atoms with Crippen LogP contribution in [0.15, 0.2) is 12.1 Å². The van der Waals surface area contributed by atoms with E-state index in [-0.39, 0.29) is 11.3 Å². The van der Waals surface area contributed by atoms with Crippen molar-refractivity contribution in [1.29, 1.82) is 0 Å². The van der Waals surface area contributed by atoms with Crippen LogP contribution in [0.1, 0.15) is 17.3 Å². The third-order valence-electron chi connectivity index (χ3n) is 1.51. The van der Waals surface area contributed by atoms with Gasteiger partial charge in [0.1, 0.15) is 0 Å². The Labute approximate surface area is 87.6 Å². The second-order valence-electron chi connectivity index (χ2n) is 2.37. The fourth-order valence-corrected chi connectivity index (χ4v) is 1.20. The van der Waals surface area contributed by atoms with Gasteiger partial charge < -0.3 is 3.07 Å². The van der Waals surface area contributed by atoms with Crippen LogP contribution in [0, 0.1) is 11.6 Å². The van der Waals surface area contributed by atoms with E-state index in [1.165, 1.54) is 42.1 Å². The van der Waals surface area contributed by atoms with Crippen LogP contribution in [0.5, 0.6) is 5.75 Å². The summed E-state index contributed by atoms with van der Waals surface area (Å²) < 4.78 is 30.5. The highest BCUT2D eigenvalue weighted by Crippen LogP contribution is 2.24. The summed E-state index contributed by atoms with van der Waals surface area (Å²) in [5, 5.41) is 0. The maximum atomic E-state index is 13.0. The van der Waals surface area contributed by atoms with Crippen molar-refractivity contribution in [1.82, 2.24) is 0 Å². The minimum atomic E-state index is -1.17. The molecule has 0 amide bonds. The number of rotatable bonds is 2. The van der Waals surface area contributed by atoms with Gasteiger partial charge in [0, 0.05) is 0 Å². The summed E-state index contributed by atoms with van der Waals surface area (Å²) >= 11 is 1.43. The van der Waals surface area contributed by atoms with Crippen LogP contribution >= 0.6 is 23.0 Å². The molecule has 5 heteroatoms. The highest BCUT2D eigenvalue weighted by Gasteiger charge is 2.16. The van der Waals surface area contributed by atoms with Crippen LogP contribution < -0.4 is 3.07 Å². The highest BCUT2D eigenvalue weighted by atomic mass is 127. The summed E-state index contributed by atoms with van der Waals surface area (Å²) in [6.07, 6.45) is 0. The molecule has 0 atom stereocenters. The molecule has 13 heavy (non-hydrogen) atoms. The number of halogens is 3. The molecule has 0 aromatic heterocycles. The van der Waals surface area contributed by atoms with Crippen LogP contribution in [0.4, 0.5) is 8.78 Å². The Kier molecular flexibility index (Phi) is 3.18. The highest BCUT2D eigenvalue weighted by molar-refractivity contribution is 14.1. The summed E-state index contributed by atoms with van der Waals surface area (Å²) in [5.74, 6) is -3.04. The Morgan fingerprint density at radius 3 is 2.46 bits per heavy atom. The summed E-state index contributed by atoms with van der Waals surface area (Å²) in [6, 6.07) is 2.40. The van der Waals surface area contributed by atoms with Crippen LogP contribution in [0.25, 0.3) is 0 Å². The minimum absolute atomic E-state index is 0.219. The molecule has 0 saturated heterocycles. The first-order chi connectivity index (χ1) is 6.07. The van der Waals surface area contributed by atoms with Gasteiger partial charge in [-0.2, -0.15) is 4.39 Å². The molecule has 0 aliphatic rings. The molecule has 0 fully saturated rings. The topological polar surface area (TPSA) is 26.3 Å². The summed E-state index contributed by atoms with van der Waals surface area (Å²) in [4.78, 5) is 10.8. The first-order valence-electron chi connectivity index (χ1n) is 3.35. The van der Waals surface area contributed by atoms with Crippen molar-refractivity contribution in [3.63, 3.8) is 0 Å². The average molecular weight is 298 g/mol. The first-order valence-corrected chi connectivity index (χ1v) is 4.23. The summed E-state index contributed by atoms with van der Waals surface area (Å²) in [7, 11) is 0. The fourth-order valence-electron chi connectivity index (χ4n) is 0.863. The predicted octanol–water partition coefficient (Wildman–Crippen LogP) is 2.90. The third kappa shape index (κ3) is 1.96. The molecule has 1 rings (SSSR count). The van der Waals surface area contributed by atoms with E-state index in [2.05, 4.69) is 3.07 Å². The molecular formula is C8H5F2IO2. The molecule has 0 spiro atoms. The molecule has 0 saturated carbocycles. The Morgan fingerprint density at radius 2 is 2.00 bits per heavy atom. The van der Waals surface area contributed by atoms with Crippen LogP contribution in [0.2, 0.25) is 0 Å². The third-order valence-corrected chi connectivity index (χ3v) is 1.98. The second kappa shape index (κ2) is 3.99. The molecular weight excluding hydrogens is 293 g/mol. The molecule has 0 heterocycles. The molecule has 1 aromatic carbocycles. The van der Waals surface area contributed by atoms with Crippen molar-refractivity contribution in [3.8, 4) is 5.75 Å². The number of ketones is 1. The quantitative estimate of drug-likeness (QED) is 0.620. The van der Waals surface area contributed by atoms with Crippen molar-refractivity contribution < 1.29 is 16.6 Å². The van der Waals surface area contributed by atoms with Crippen molar-refractivity contribution in [2.45, 2.75) is 6.92 Å². The summed E-state index contributed by atoms with van der Waals surface area (Å²) in [5.41, 5.74) is -0.269. The molecule has 0 aliphatic carbocycles. The fraction of sp³-hybridized carbons (Fsp3) is 0.125. The first kappa shape index (κ1) is 10.4. The number of benzene rings is 1. The van der Waals surface area contributed by atoms with Gasteiger partial charge >= 0.3 is 0 Å². The standard InChI is InChI=1S/C8H5F2IO2/c1-4(12)5-2-3-6(13-11)8(10)7(5)9/h2-3H,1H3. The van der Waals surface area contributed by atoms with E-state index in [9.17, 15) is 13.6 Å². The Bertz CT molecular complexity index is 352. The largest absolute Gasteiger partial charge is 0.424 e. The van der Waals surface area contributed by atoms with Crippen LogP contribution in [-0.4, -0.2) is 5.78 Å². The van der Waals surface area contributed by atoms with E-state index in [0.717, 1.165) is 0 Å². The maximum Gasteiger partial charge on any atom is 0.202 e. The SMILES string of the molecule is CC(=O)c1ccc(OI)c(F)c1F. The number of carbonyl (C=O) groups is 1. The number of hydrogen-bond donors (Lipinski definition) is 0. The number of carbonyl (C=O) groups excluding carboxylic acids is 1. The monoisotopic (exact) mass is 298 g/mol. The van der Waals surface area contributed by atoms with Gasteiger partial charge in [-0.05, 0) is 19.1 Å². The van der Waals surface area contributed by atoms with Gasteiger partial charge in [-0.25, -0.2) is 4.39 Å². The molecule has 2 nitrogen and oxygen atoms in total. The molecule has 70 valence electrons. The smallest absolute Gasteiger partial charge is 0.202 e. The normalized spacial score (nSPS) is 9.85. The Hall–Kier alpha value is -0.720. The van der Waals surface area contributed by atoms with Gasteiger partial charge in [-0.1, -0.05) is 0 Å². The van der Waals surface area contributed by atoms with Gasteiger partial charge in [0.15, 0.2) is 40.4 Å². The molecule has 0 aliphatic heterocycles. The van der Waals surface area contributed by atoms with Gasteiger partial charge in [0.05, 0.1) is 5.56 Å². The van der Waals surface area contributed by atoms with Crippen molar-refractivity contribution in [2.24, 2.45) is 0 Å². The maximum absolute atomic E-state index is 13.0. The molecule has 0 unspecified atom stereocenters. The van der Waals surface area contributed by atoms with E-state index in [4.69, 9.17) is 0 Å². The average Bonchev–Trinajstić information content (AvgIpc) is 2.09. The summed E-state index contributed by atoms with van der Waals surface area (Å²) in [6.45, 7) is 1.17. The lowest BCUT2D eigenvalue weighted by Crippen LogP contribution is -2.00. The van der Waals surface area contributed by atoms with E-state index < -0.39 is 17.4 Å². The van der Waals surface area contributed by atoms with Gasteiger partial charge in [0.2, 0.25) is 5.82 Å². The van der Waals surface area contributed by atoms with E-state index in [1.54, 1.807) is 0 Å². The van der Waals surface area contributed by atoms with Crippen molar-refractivity contribution in [3.05, 3.63) is 29.3 Å². The lowest BCUT2D eigenvalue weighted by molar-refractivity contribution is 0.101. The van der Waals surface area contributed by atoms with E-state index >= 15 is 0 Å². The number of hydrogen-bond acceptors (Lipinski definition) is 2. The Morgan fingerprint density at radius 1 is 1.38 bits per heavy atom. The molecule has 0 radical (unpaired) electrons. The predicted molar refractivity (Wildman–Crippen MR) is 51.0 cm³/mol. The zero-order valence-electron chi connectivity index (χ0n) is 6.61. The zero-order valence-corrected chi connectivity index (χ0v) is 8.76. The van der Waals surface area contributed by atoms with E-state index in [0.29, 0.717) is 0 Å². The van der Waals surface area contributed by atoms with Gasteiger partial charge in [-0.15, -0.1) is 0 Å². The molecule has 1 aromatic rings. The van der Waals surface area contributed by atoms with Crippen molar-refractivity contribution in [2.75, 3.05) is 0 Å².